The topological polar surface area (TPSA) is 38.9 Å². The standard InChI is InChI=1S/C8H4BrIN2O/c9-6-2-1-5(3-7(6)10)8-11-4-13-12-8/h1-4H. The number of nitrogens with zero attached hydrogens (tertiary/aromatic N) is 2. The lowest BCUT2D eigenvalue weighted by Gasteiger charge is -1.97. The quantitative estimate of drug-likeness (QED) is 0.742. The van der Waals surface area contributed by atoms with Crippen LogP contribution >= 0.6 is 38.5 Å². The van der Waals surface area contributed by atoms with E-state index in [0.717, 1.165) is 13.6 Å². The lowest BCUT2D eigenvalue weighted by atomic mass is 10.2. The van der Waals surface area contributed by atoms with Gasteiger partial charge in [0.25, 0.3) is 0 Å². The molecule has 0 saturated carbocycles. The maximum atomic E-state index is 4.66. The van der Waals surface area contributed by atoms with Crippen molar-refractivity contribution in [3.05, 3.63) is 32.6 Å². The minimum absolute atomic E-state index is 0.616. The van der Waals surface area contributed by atoms with Crippen molar-refractivity contribution in [3.63, 3.8) is 0 Å². The Morgan fingerprint density at radius 2 is 2.23 bits per heavy atom. The molecule has 0 spiro atoms. The molecule has 1 aromatic carbocycles. The van der Waals surface area contributed by atoms with Crippen molar-refractivity contribution in [2.75, 3.05) is 0 Å². The molecule has 0 radical (unpaired) electrons. The van der Waals surface area contributed by atoms with Gasteiger partial charge in [0, 0.05) is 13.6 Å². The maximum Gasteiger partial charge on any atom is 0.214 e. The van der Waals surface area contributed by atoms with E-state index in [1.807, 2.05) is 18.2 Å². The normalized spacial score (nSPS) is 10.3. The average Bonchev–Trinajstić information content (AvgIpc) is 2.62. The summed E-state index contributed by atoms with van der Waals surface area (Å²) in [5.41, 5.74) is 0.960. The summed E-state index contributed by atoms with van der Waals surface area (Å²) in [6.45, 7) is 0. The van der Waals surface area contributed by atoms with Gasteiger partial charge < -0.3 is 4.52 Å². The van der Waals surface area contributed by atoms with Crippen molar-refractivity contribution in [3.8, 4) is 11.4 Å². The van der Waals surface area contributed by atoms with Gasteiger partial charge in [-0.1, -0.05) is 5.16 Å². The third-order valence-electron chi connectivity index (χ3n) is 1.54. The fourth-order valence-electron chi connectivity index (χ4n) is 0.933. The summed E-state index contributed by atoms with van der Waals surface area (Å²) in [5.74, 6) is 0.616. The van der Waals surface area contributed by atoms with Gasteiger partial charge in [-0.15, -0.1) is 0 Å². The Morgan fingerprint density at radius 3 is 2.85 bits per heavy atom. The van der Waals surface area contributed by atoms with Gasteiger partial charge in [0.1, 0.15) is 0 Å². The zero-order valence-electron chi connectivity index (χ0n) is 6.37. The van der Waals surface area contributed by atoms with Gasteiger partial charge in [0.05, 0.1) is 0 Å². The third kappa shape index (κ3) is 1.91. The summed E-state index contributed by atoms with van der Waals surface area (Å²) >= 11 is 5.66. The molecule has 0 amide bonds. The fraction of sp³-hybridized carbons (Fsp3) is 0. The summed E-state index contributed by atoms with van der Waals surface area (Å²) in [6, 6.07) is 5.90. The predicted octanol–water partition coefficient (Wildman–Crippen LogP) is 3.10. The first-order valence-corrected chi connectivity index (χ1v) is 5.36. The van der Waals surface area contributed by atoms with Crippen molar-refractivity contribution in [1.82, 2.24) is 10.1 Å². The van der Waals surface area contributed by atoms with E-state index in [0.29, 0.717) is 5.82 Å². The number of hydrogen-bond acceptors (Lipinski definition) is 3. The second-order valence-corrected chi connectivity index (χ2v) is 4.40. The highest BCUT2D eigenvalue weighted by Crippen LogP contribution is 2.24. The molecule has 66 valence electrons. The Morgan fingerprint density at radius 1 is 1.38 bits per heavy atom. The van der Waals surface area contributed by atoms with Crippen LogP contribution in [-0.2, 0) is 0 Å². The molecule has 3 nitrogen and oxygen atoms in total. The van der Waals surface area contributed by atoms with Gasteiger partial charge in [-0.3, -0.25) is 0 Å². The van der Waals surface area contributed by atoms with Crippen LogP contribution in [0.3, 0.4) is 0 Å². The number of benzene rings is 1. The van der Waals surface area contributed by atoms with Gasteiger partial charge in [0.2, 0.25) is 12.2 Å². The second kappa shape index (κ2) is 3.75. The highest BCUT2D eigenvalue weighted by molar-refractivity contribution is 14.1. The largest absolute Gasteiger partial charge is 0.342 e. The van der Waals surface area contributed by atoms with Crippen molar-refractivity contribution < 1.29 is 4.52 Å². The molecule has 2 aromatic rings. The summed E-state index contributed by atoms with van der Waals surface area (Å²) in [5, 5.41) is 3.75. The minimum atomic E-state index is 0.616. The van der Waals surface area contributed by atoms with E-state index in [4.69, 9.17) is 0 Å². The molecule has 0 unspecified atom stereocenters. The Kier molecular flexibility index (Phi) is 2.63. The van der Waals surface area contributed by atoms with Crippen LogP contribution in [0.15, 0.2) is 33.6 Å². The predicted molar refractivity (Wildman–Crippen MR) is 60.2 cm³/mol. The van der Waals surface area contributed by atoms with E-state index in [2.05, 4.69) is 53.2 Å². The number of aromatic nitrogens is 2. The van der Waals surface area contributed by atoms with E-state index < -0.39 is 0 Å². The first kappa shape index (κ1) is 9.14. The molecule has 13 heavy (non-hydrogen) atoms. The molecule has 0 bridgehead atoms. The Labute approximate surface area is 96.8 Å². The monoisotopic (exact) mass is 350 g/mol. The molecule has 1 aromatic heterocycles. The van der Waals surface area contributed by atoms with Crippen molar-refractivity contribution in [2.45, 2.75) is 0 Å². The Bertz CT molecular complexity index is 416. The minimum Gasteiger partial charge on any atom is -0.342 e. The number of halogens is 2. The molecule has 0 N–H and O–H groups in total. The summed E-state index contributed by atoms with van der Waals surface area (Å²) in [6.07, 6.45) is 1.32. The van der Waals surface area contributed by atoms with E-state index in [1.165, 1.54) is 6.39 Å². The SMILES string of the molecule is Brc1ccc(-c2ncon2)cc1I. The molecule has 0 atom stereocenters. The Balaban J connectivity index is 2.49. The van der Waals surface area contributed by atoms with E-state index in [1.54, 1.807) is 0 Å². The van der Waals surface area contributed by atoms with Crippen LogP contribution in [0.2, 0.25) is 0 Å². The summed E-state index contributed by atoms with van der Waals surface area (Å²) in [4.78, 5) is 3.96. The molecule has 0 aliphatic carbocycles. The molecule has 0 saturated heterocycles. The maximum absolute atomic E-state index is 4.66. The smallest absolute Gasteiger partial charge is 0.214 e. The van der Waals surface area contributed by atoms with Crippen molar-refractivity contribution >= 4 is 38.5 Å². The van der Waals surface area contributed by atoms with Crippen LogP contribution in [0, 0.1) is 3.57 Å². The van der Waals surface area contributed by atoms with Crippen LogP contribution in [0.5, 0.6) is 0 Å². The highest BCUT2D eigenvalue weighted by atomic mass is 127. The molecular formula is C8H4BrIN2O. The second-order valence-electron chi connectivity index (χ2n) is 2.38. The molecule has 0 fully saturated rings. The van der Waals surface area contributed by atoms with Gasteiger partial charge in [0.15, 0.2) is 0 Å². The molecule has 1 heterocycles. The Hall–Kier alpha value is -0.430. The van der Waals surface area contributed by atoms with Gasteiger partial charge in [-0.05, 0) is 56.7 Å². The van der Waals surface area contributed by atoms with Gasteiger partial charge in [-0.25, -0.2) is 0 Å². The van der Waals surface area contributed by atoms with Gasteiger partial charge >= 0.3 is 0 Å². The first-order valence-electron chi connectivity index (χ1n) is 3.49. The highest BCUT2D eigenvalue weighted by Gasteiger charge is 2.04. The van der Waals surface area contributed by atoms with Crippen LogP contribution in [0.4, 0.5) is 0 Å². The van der Waals surface area contributed by atoms with Crippen LogP contribution in [-0.4, -0.2) is 10.1 Å². The summed E-state index contributed by atoms with van der Waals surface area (Å²) < 4.78 is 6.86. The van der Waals surface area contributed by atoms with Crippen LogP contribution in [0.25, 0.3) is 11.4 Å². The van der Waals surface area contributed by atoms with Crippen molar-refractivity contribution in [2.24, 2.45) is 0 Å². The number of rotatable bonds is 1. The lowest BCUT2D eigenvalue weighted by molar-refractivity contribution is 0.419. The first-order chi connectivity index (χ1) is 6.27. The zero-order chi connectivity index (χ0) is 9.26. The van der Waals surface area contributed by atoms with E-state index in [-0.39, 0.29) is 0 Å². The average molecular weight is 351 g/mol. The van der Waals surface area contributed by atoms with E-state index in [9.17, 15) is 0 Å². The van der Waals surface area contributed by atoms with Gasteiger partial charge in [-0.2, -0.15) is 4.98 Å². The lowest BCUT2D eigenvalue weighted by Crippen LogP contribution is -1.82. The van der Waals surface area contributed by atoms with Crippen molar-refractivity contribution in [1.29, 1.82) is 0 Å². The molecule has 2 rings (SSSR count). The zero-order valence-corrected chi connectivity index (χ0v) is 10.1. The molecular weight excluding hydrogens is 347 g/mol. The molecule has 0 aliphatic heterocycles. The van der Waals surface area contributed by atoms with E-state index >= 15 is 0 Å². The molecule has 0 aliphatic rings. The van der Waals surface area contributed by atoms with Crippen LogP contribution in [0.1, 0.15) is 0 Å². The van der Waals surface area contributed by atoms with Crippen LogP contribution < -0.4 is 0 Å². The molecule has 5 heteroatoms. The summed E-state index contributed by atoms with van der Waals surface area (Å²) in [7, 11) is 0. The number of hydrogen-bond donors (Lipinski definition) is 0. The fourth-order valence-corrected chi connectivity index (χ4v) is 1.69. The third-order valence-corrected chi connectivity index (χ3v) is 3.86.